The number of alkyl halides is 3. The number of nitrogens with two attached hydrogens (primary N) is 1. The van der Waals surface area contributed by atoms with E-state index in [1.807, 2.05) is 0 Å². The predicted molar refractivity (Wildman–Crippen MR) is 54.0 cm³/mol. The van der Waals surface area contributed by atoms with Gasteiger partial charge in [0, 0.05) is 5.69 Å². The Morgan fingerprint density at radius 3 is 2.12 bits per heavy atom. The van der Waals surface area contributed by atoms with Gasteiger partial charge in [0.05, 0.1) is 6.42 Å². The summed E-state index contributed by atoms with van der Waals surface area (Å²) in [5, 5.41) is 1.68. The third kappa shape index (κ3) is 4.13. The van der Waals surface area contributed by atoms with E-state index in [4.69, 9.17) is 5.73 Å². The Morgan fingerprint density at radius 1 is 1.18 bits per heavy atom. The third-order valence-electron chi connectivity index (χ3n) is 1.85. The predicted octanol–water partition coefficient (Wildman–Crippen LogP) is 1.22. The van der Waals surface area contributed by atoms with Gasteiger partial charge in [-0.1, -0.05) is 12.1 Å². The summed E-state index contributed by atoms with van der Waals surface area (Å²) in [4.78, 5) is 21.2. The average Bonchev–Trinajstić information content (AvgIpc) is 2.18. The number of benzene rings is 1. The van der Waals surface area contributed by atoms with Crippen LogP contribution < -0.4 is 11.1 Å². The molecule has 0 heterocycles. The molecule has 0 bridgehead atoms. The van der Waals surface area contributed by atoms with E-state index in [1.54, 1.807) is 5.32 Å². The van der Waals surface area contributed by atoms with Crippen molar-refractivity contribution in [1.82, 2.24) is 0 Å². The summed E-state index contributed by atoms with van der Waals surface area (Å²) in [7, 11) is 0. The molecule has 92 valence electrons. The van der Waals surface area contributed by atoms with Crippen LogP contribution in [-0.4, -0.2) is 18.0 Å². The molecule has 4 nitrogen and oxygen atoms in total. The maximum absolute atomic E-state index is 11.9. The van der Waals surface area contributed by atoms with Crippen LogP contribution in [0.25, 0.3) is 0 Å². The van der Waals surface area contributed by atoms with Gasteiger partial charge in [0.1, 0.15) is 0 Å². The number of nitrogens with one attached hydrogen (secondary N) is 1. The Bertz CT molecular complexity index is 426. The van der Waals surface area contributed by atoms with Crippen LogP contribution in [0, 0.1) is 0 Å². The van der Waals surface area contributed by atoms with Crippen molar-refractivity contribution in [2.75, 3.05) is 5.32 Å². The Kier molecular flexibility index (Phi) is 3.72. The largest absolute Gasteiger partial charge is 0.471 e. The molecular weight excluding hydrogens is 237 g/mol. The highest BCUT2D eigenvalue weighted by atomic mass is 19.4. The van der Waals surface area contributed by atoms with Crippen molar-refractivity contribution in [2.24, 2.45) is 5.73 Å². The molecule has 2 amide bonds. The summed E-state index contributed by atoms with van der Waals surface area (Å²) in [6.45, 7) is 0. The van der Waals surface area contributed by atoms with Crippen molar-refractivity contribution >= 4 is 17.5 Å². The van der Waals surface area contributed by atoms with Crippen LogP contribution in [0.2, 0.25) is 0 Å². The van der Waals surface area contributed by atoms with Gasteiger partial charge >= 0.3 is 12.1 Å². The summed E-state index contributed by atoms with van der Waals surface area (Å²) in [5.41, 5.74) is 5.50. The minimum Gasteiger partial charge on any atom is -0.369 e. The van der Waals surface area contributed by atoms with E-state index >= 15 is 0 Å². The molecule has 0 unspecified atom stereocenters. The van der Waals surface area contributed by atoms with Crippen LogP contribution >= 0.6 is 0 Å². The molecule has 0 aliphatic carbocycles. The second-order valence-electron chi connectivity index (χ2n) is 3.29. The summed E-state index contributed by atoms with van der Waals surface area (Å²) in [6.07, 6.45) is -4.93. The summed E-state index contributed by atoms with van der Waals surface area (Å²) < 4.78 is 35.7. The van der Waals surface area contributed by atoms with E-state index in [2.05, 4.69) is 0 Å². The third-order valence-corrected chi connectivity index (χ3v) is 1.85. The molecule has 1 aromatic carbocycles. The zero-order valence-electron chi connectivity index (χ0n) is 8.54. The van der Waals surface area contributed by atoms with Crippen molar-refractivity contribution in [2.45, 2.75) is 12.6 Å². The number of primary amides is 1. The number of amides is 2. The summed E-state index contributed by atoms with van der Waals surface area (Å²) in [6, 6.07) is 5.36. The summed E-state index contributed by atoms with van der Waals surface area (Å²) >= 11 is 0. The average molecular weight is 246 g/mol. The molecule has 7 heteroatoms. The molecule has 0 aliphatic rings. The van der Waals surface area contributed by atoms with Gasteiger partial charge in [-0.05, 0) is 17.7 Å². The Morgan fingerprint density at radius 2 is 1.71 bits per heavy atom. The summed E-state index contributed by atoms with van der Waals surface area (Å²) in [5.74, 6) is -2.59. The first-order valence-corrected chi connectivity index (χ1v) is 4.54. The fourth-order valence-electron chi connectivity index (χ4n) is 1.11. The number of carbonyl (C=O) groups is 2. The minimum atomic E-state index is -4.92. The number of hydrogen-bond donors (Lipinski definition) is 2. The number of carbonyl (C=O) groups excluding carboxylic acids is 2. The lowest BCUT2D eigenvalue weighted by Gasteiger charge is -2.08. The van der Waals surface area contributed by atoms with E-state index in [0.29, 0.717) is 5.56 Å². The molecule has 0 saturated carbocycles. The molecule has 0 aliphatic heterocycles. The van der Waals surface area contributed by atoms with Gasteiger partial charge in [-0.3, -0.25) is 9.59 Å². The first kappa shape index (κ1) is 13.0. The zero-order chi connectivity index (χ0) is 13.1. The van der Waals surface area contributed by atoms with E-state index in [-0.39, 0.29) is 12.1 Å². The van der Waals surface area contributed by atoms with Gasteiger partial charge < -0.3 is 11.1 Å². The molecule has 1 rings (SSSR count). The van der Waals surface area contributed by atoms with Crippen LogP contribution in [0.15, 0.2) is 24.3 Å². The van der Waals surface area contributed by atoms with E-state index in [9.17, 15) is 22.8 Å². The molecule has 0 radical (unpaired) electrons. The van der Waals surface area contributed by atoms with Crippen LogP contribution in [0.1, 0.15) is 5.56 Å². The lowest BCUT2D eigenvalue weighted by molar-refractivity contribution is -0.167. The Hall–Kier alpha value is -2.05. The maximum atomic E-state index is 11.9. The second kappa shape index (κ2) is 4.86. The maximum Gasteiger partial charge on any atom is 0.471 e. The molecule has 0 spiro atoms. The van der Waals surface area contributed by atoms with E-state index in [1.165, 1.54) is 24.3 Å². The van der Waals surface area contributed by atoms with Crippen LogP contribution in [0.3, 0.4) is 0 Å². The van der Waals surface area contributed by atoms with Gasteiger partial charge in [-0.25, -0.2) is 0 Å². The monoisotopic (exact) mass is 246 g/mol. The number of halogens is 3. The second-order valence-corrected chi connectivity index (χ2v) is 3.29. The molecule has 0 fully saturated rings. The highest BCUT2D eigenvalue weighted by Gasteiger charge is 2.38. The molecule has 0 saturated heterocycles. The standard InChI is InChI=1S/C10H9F3N2O2/c11-10(12,13)9(17)15-7-3-1-6(2-4-7)5-8(14)16/h1-4H,5H2,(H2,14,16)(H,15,17). The van der Waals surface area contributed by atoms with Crippen LogP contribution in [-0.2, 0) is 16.0 Å². The normalized spacial score (nSPS) is 11.0. The molecular formula is C10H9F3N2O2. The SMILES string of the molecule is NC(=O)Cc1ccc(NC(=O)C(F)(F)F)cc1. The zero-order valence-corrected chi connectivity index (χ0v) is 8.54. The topological polar surface area (TPSA) is 72.2 Å². The van der Waals surface area contributed by atoms with Crippen molar-refractivity contribution in [3.8, 4) is 0 Å². The highest BCUT2D eigenvalue weighted by Crippen LogP contribution is 2.18. The van der Waals surface area contributed by atoms with Crippen LogP contribution in [0.4, 0.5) is 18.9 Å². The number of hydrogen-bond acceptors (Lipinski definition) is 2. The molecule has 0 aromatic heterocycles. The van der Waals surface area contributed by atoms with Gasteiger partial charge in [-0.15, -0.1) is 0 Å². The highest BCUT2D eigenvalue weighted by molar-refractivity contribution is 5.94. The van der Waals surface area contributed by atoms with Crippen molar-refractivity contribution < 1.29 is 22.8 Å². The fraction of sp³-hybridized carbons (Fsp3) is 0.200. The molecule has 17 heavy (non-hydrogen) atoms. The van der Waals surface area contributed by atoms with Crippen LogP contribution in [0.5, 0.6) is 0 Å². The van der Waals surface area contributed by atoms with Crippen molar-refractivity contribution in [1.29, 1.82) is 0 Å². The van der Waals surface area contributed by atoms with Gasteiger partial charge in [0.25, 0.3) is 0 Å². The van der Waals surface area contributed by atoms with Gasteiger partial charge in [-0.2, -0.15) is 13.2 Å². The van der Waals surface area contributed by atoms with Gasteiger partial charge in [0.15, 0.2) is 0 Å². The molecule has 1 aromatic rings. The Labute approximate surface area is 94.6 Å². The smallest absolute Gasteiger partial charge is 0.369 e. The molecule has 0 atom stereocenters. The number of anilines is 1. The van der Waals surface area contributed by atoms with E-state index < -0.39 is 18.0 Å². The van der Waals surface area contributed by atoms with Crippen molar-refractivity contribution in [3.05, 3.63) is 29.8 Å². The first-order valence-electron chi connectivity index (χ1n) is 4.54. The van der Waals surface area contributed by atoms with Crippen molar-refractivity contribution in [3.63, 3.8) is 0 Å². The van der Waals surface area contributed by atoms with Gasteiger partial charge in [0.2, 0.25) is 5.91 Å². The van der Waals surface area contributed by atoms with E-state index in [0.717, 1.165) is 0 Å². The molecule has 3 N–H and O–H groups in total. The lowest BCUT2D eigenvalue weighted by Crippen LogP contribution is -2.29. The quantitative estimate of drug-likeness (QED) is 0.841. The fourth-order valence-corrected chi connectivity index (χ4v) is 1.11. The lowest BCUT2D eigenvalue weighted by atomic mass is 10.1. The number of rotatable bonds is 3. The minimum absolute atomic E-state index is 0.000505. The Balaban J connectivity index is 2.69. The first-order chi connectivity index (χ1) is 7.79.